The molecule has 0 saturated carbocycles. The van der Waals surface area contributed by atoms with Gasteiger partial charge in [0.15, 0.2) is 0 Å². The summed E-state index contributed by atoms with van der Waals surface area (Å²) in [6.45, 7) is 4.89. The number of hydrogen-bond donors (Lipinski definition) is 1. The average Bonchev–Trinajstić information content (AvgIpc) is 2.94. The number of thiazole rings is 1. The normalized spacial score (nSPS) is 10.3. The van der Waals surface area contributed by atoms with Crippen LogP contribution in [0.3, 0.4) is 0 Å². The quantitative estimate of drug-likeness (QED) is 0.829. The number of nitrogens with zero attached hydrogens (tertiary/aromatic N) is 2. The summed E-state index contributed by atoms with van der Waals surface area (Å²) in [6, 6.07) is 3.47. The number of carbonyl (C=O) groups excluding carboxylic acids is 1. The van der Waals surface area contributed by atoms with Gasteiger partial charge in [0.05, 0.1) is 18.7 Å². The minimum Gasteiger partial charge on any atom is -0.462 e. The molecule has 0 unspecified atom stereocenters. The van der Waals surface area contributed by atoms with Gasteiger partial charge in [-0.25, -0.2) is 14.8 Å². The lowest BCUT2D eigenvalue weighted by Gasteiger charge is -2.04. The lowest BCUT2D eigenvalue weighted by atomic mass is 10.3. The van der Waals surface area contributed by atoms with Crippen LogP contribution >= 0.6 is 11.3 Å². The molecule has 0 fully saturated rings. The number of rotatable bonds is 6. The molecule has 0 aliphatic rings. The summed E-state index contributed by atoms with van der Waals surface area (Å²) in [5.41, 5.74) is 0.458. The average molecular weight is 291 g/mol. The fourth-order valence-corrected chi connectivity index (χ4v) is 2.40. The van der Waals surface area contributed by atoms with E-state index >= 15 is 0 Å². The number of carbonyl (C=O) groups is 1. The zero-order valence-corrected chi connectivity index (χ0v) is 12.4. The number of anilines is 1. The van der Waals surface area contributed by atoms with Gasteiger partial charge in [-0.2, -0.15) is 0 Å². The Kier molecular flexibility index (Phi) is 5.06. The Morgan fingerprint density at radius 1 is 1.30 bits per heavy atom. The van der Waals surface area contributed by atoms with Crippen molar-refractivity contribution in [1.82, 2.24) is 9.97 Å². The zero-order valence-electron chi connectivity index (χ0n) is 11.5. The molecule has 0 aliphatic carbocycles. The maximum atomic E-state index is 11.5. The summed E-state index contributed by atoms with van der Waals surface area (Å²) in [5.74, 6) is 0.366. The van der Waals surface area contributed by atoms with Crippen LogP contribution in [-0.4, -0.2) is 22.5 Å². The van der Waals surface area contributed by atoms with E-state index in [4.69, 9.17) is 4.74 Å². The molecule has 0 aromatic carbocycles. The number of esters is 1. The number of nitrogens with one attached hydrogen (secondary N) is 1. The number of aryl methyl sites for hydroxylation is 1. The summed E-state index contributed by atoms with van der Waals surface area (Å²) in [5, 5.41) is 4.21. The van der Waals surface area contributed by atoms with E-state index in [2.05, 4.69) is 22.2 Å². The van der Waals surface area contributed by atoms with Gasteiger partial charge < -0.3 is 10.1 Å². The molecular weight excluding hydrogens is 274 g/mol. The van der Waals surface area contributed by atoms with Gasteiger partial charge >= 0.3 is 5.97 Å². The summed E-state index contributed by atoms with van der Waals surface area (Å²) >= 11 is 1.69. The molecule has 2 aromatic heterocycles. The largest absolute Gasteiger partial charge is 0.462 e. The van der Waals surface area contributed by atoms with Gasteiger partial charge in [0.25, 0.3) is 0 Å². The molecule has 0 aliphatic heterocycles. The highest BCUT2D eigenvalue weighted by molar-refractivity contribution is 7.11. The summed E-state index contributed by atoms with van der Waals surface area (Å²) in [6.07, 6.45) is 4.42. The predicted molar refractivity (Wildman–Crippen MR) is 79.0 cm³/mol. The smallest absolute Gasteiger partial charge is 0.339 e. The van der Waals surface area contributed by atoms with Crippen LogP contribution in [0.2, 0.25) is 0 Å². The van der Waals surface area contributed by atoms with E-state index in [0.717, 1.165) is 11.4 Å². The van der Waals surface area contributed by atoms with Gasteiger partial charge in [-0.1, -0.05) is 6.92 Å². The highest BCUT2D eigenvalue weighted by atomic mass is 32.1. The van der Waals surface area contributed by atoms with Gasteiger partial charge in [0, 0.05) is 17.3 Å². The molecule has 2 aromatic rings. The van der Waals surface area contributed by atoms with Gasteiger partial charge in [0.2, 0.25) is 0 Å². The van der Waals surface area contributed by atoms with E-state index in [1.165, 1.54) is 11.1 Å². The van der Waals surface area contributed by atoms with Crippen LogP contribution in [0.5, 0.6) is 0 Å². The highest BCUT2D eigenvalue weighted by Gasteiger charge is 2.07. The zero-order chi connectivity index (χ0) is 14.4. The van der Waals surface area contributed by atoms with Crippen molar-refractivity contribution in [2.45, 2.75) is 26.8 Å². The number of ether oxygens (including phenoxy) is 1. The number of hydrogen-bond acceptors (Lipinski definition) is 6. The van der Waals surface area contributed by atoms with Gasteiger partial charge in [-0.05, 0) is 25.5 Å². The molecule has 0 bridgehead atoms. The van der Waals surface area contributed by atoms with Crippen LogP contribution in [0.1, 0.15) is 34.1 Å². The molecule has 2 heterocycles. The Bertz CT molecular complexity index is 566. The van der Waals surface area contributed by atoms with Crippen molar-refractivity contribution in [1.29, 1.82) is 0 Å². The molecule has 6 heteroatoms. The van der Waals surface area contributed by atoms with Crippen LogP contribution in [0.15, 0.2) is 24.5 Å². The monoisotopic (exact) mass is 291 g/mol. The van der Waals surface area contributed by atoms with Gasteiger partial charge in [-0.3, -0.25) is 0 Å². The molecule has 5 nitrogen and oxygen atoms in total. The molecule has 0 radical (unpaired) electrons. The third-order valence-corrected chi connectivity index (χ3v) is 3.79. The van der Waals surface area contributed by atoms with Crippen LogP contribution in [-0.2, 0) is 17.7 Å². The van der Waals surface area contributed by atoms with Crippen molar-refractivity contribution in [2.24, 2.45) is 0 Å². The highest BCUT2D eigenvalue weighted by Crippen LogP contribution is 2.15. The summed E-state index contributed by atoms with van der Waals surface area (Å²) in [7, 11) is 0. The molecule has 0 saturated heterocycles. The molecule has 0 spiro atoms. The first-order valence-corrected chi connectivity index (χ1v) is 7.35. The first-order valence-electron chi connectivity index (χ1n) is 6.53. The Morgan fingerprint density at radius 2 is 2.15 bits per heavy atom. The van der Waals surface area contributed by atoms with E-state index in [1.807, 2.05) is 6.20 Å². The number of pyridine rings is 1. The molecule has 106 valence electrons. The Balaban J connectivity index is 1.92. The van der Waals surface area contributed by atoms with Gasteiger partial charge in [-0.15, -0.1) is 11.3 Å². The molecule has 2 rings (SSSR count). The second-order valence-electron chi connectivity index (χ2n) is 4.08. The Labute approximate surface area is 122 Å². The van der Waals surface area contributed by atoms with Crippen molar-refractivity contribution in [3.63, 3.8) is 0 Å². The van der Waals surface area contributed by atoms with E-state index in [0.29, 0.717) is 24.5 Å². The maximum absolute atomic E-state index is 11.5. The third kappa shape index (κ3) is 3.77. The Hall–Kier alpha value is -1.95. The Morgan fingerprint density at radius 3 is 2.75 bits per heavy atom. The van der Waals surface area contributed by atoms with Crippen molar-refractivity contribution in [3.05, 3.63) is 40.0 Å². The fraction of sp³-hybridized carbons (Fsp3) is 0.357. The predicted octanol–water partition coefficient (Wildman–Crippen LogP) is 2.89. The minimum atomic E-state index is -0.348. The SMILES string of the molecule is CCOC(=O)c1ccc(NCc2ncc(CC)s2)nc1. The van der Waals surface area contributed by atoms with E-state index in [-0.39, 0.29) is 5.97 Å². The van der Waals surface area contributed by atoms with E-state index < -0.39 is 0 Å². The third-order valence-electron chi connectivity index (χ3n) is 2.65. The lowest BCUT2D eigenvalue weighted by molar-refractivity contribution is 0.0526. The molecule has 0 amide bonds. The molecule has 1 N–H and O–H groups in total. The van der Waals surface area contributed by atoms with E-state index in [9.17, 15) is 4.79 Å². The summed E-state index contributed by atoms with van der Waals surface area (Å²) < 4.78 is 4.90. The fourth-order valence-electron chi connectivity index (χ4n) is 1.59. The summed E-state index contributed by atoms with van der Waals surface area (Å²) in [4.78, 5) is 21.3. The number of aromatic nitrogens is 2. The van der Waals surface area contributed by atoms with Crippen LogP contribution < -0.4 is 5.32 Å². The van der Waals surface area contributed by atoms with Crippen LogP contribution in [0, 0.1) is 0 Å². The second kappa shape index (κ2) is 7.00. The molecule has 20 heavy (non-hydrogen) atoms. The van der Waals surface area contributed by atoms with Crippen molar-refractivity contribution < 1.29 is 9.53 Å². The second-order valence-corrected chi connectivity index (χ2v) is 5.28. The van der Waals surface area contributed by atoms with Crippen LogP contribution in [0.25, 0.3) is 0 Å². The molecule has 0 atom stereocenters. The first-order chi connectivity index (χ1) is 9.72. The van der Waals surface area contributed by atoms with Crippen molar-refractivity contribution in [3.8, 4) is 0 Å². The van der Waals surface area contributed by atoms with Crippen molar-refractivity contribution in [2.75, 3.05) is 11.9 Å². The minimum absolute atomic E-state index is 0.348. The first kappa shape index (κ1) is 14.5. The molecular formula is C14H17N3O2S. The van der Waals surface area contributed by atoms with Crippen molar-refractivity contribution >= 4 is 23.1 Å². The van der Waals surface area contributed by atoms with Gasteiger partial charge in [0.1, 0.15) is 10.8 Å². The maximum Gasteiger partial charge on any atom is 0.339 e. The lowest BCUT2D eigenvalue weighted by Crippen LogP contribution is -2.06. The standard InChI is InChI=1S/C14H17N3O2S/c1-3-11-8-17-13(20-11)9-16-12-6-5-10(7-15-12)14(18)19-4-2/h5-8H,3-4,9H2,1-2H3,(H,15,16). The van der Waals surface area contributed by atoms with E-state index in [1.54, 1.807) is 30.4 Å². The topological polar surface area (TPSA) is 64.1 Å². The van der Waals surface area contributed by atoms with Crippen LogP contribution in [0.4, 0.5) is 5.82 Å².